The van der Waals surface area contributed by atoms with Crippen molar-refractivity contribution in [1.29, 1.82) is 0 Å². The number of anilines is 1. The fraction of sp³-hybridized carbons (Fsp3) is 0.500. The summed E-state index contributed by atoms with van der Waals surface area (Å²) < 4.78 is 38.6. The van der Waals surface area contributed by atoms with E-state index in [2.05, 4.69) is 5.32 Å². The van der Waals surface area contributed by atoms with Crippen molar-refractivity contribution in [2.45, 2.75) is 31.9 Å². The lowest BCUT2D eigenvalue weighted by Crippen LogP contribution is -2.27. The van der Waals surface area contributed by atoms with Gasteiger partial charge in [-0.25, -0.2) is 0 Å². The molecule has 0 atom stereocenters. The molecule has 4 nitrogen and oxygen atoms in total. The van der Waals surface area contributed by atoms with Gasteiger partial charge in [0.1, 0.15) is 0 Å². The topological polar surface area (TPSA) is 67.1 Å². The quantitative estimate of drug-likeness (QED) is 0.430. The van der Waals surface area contributed by atoms with Crippen LogP contribution in [0.4, 0.5) is 18.9 Å². The minimum Gasteiger partial charge on any atom is -0.352 e. The van der Waals surface area contributed by atoms with E-state index in [-0.39, 0.29) is 5.56 Å². The van der Waals surface area contributed by atoms with Crippen LogP contribution in [0.5, 0.6) is 0 Å². The first-order valence-electron chi connectivity index (χ1n) is 6.88. The van der Waals surface area contributed by atoms with Gasteiger partial charge in [0.15, 0.2) is 0 Å². The first-order valence-corrected chi connectivity index (χ1v) is 6.88. The van der Waals surface area contributed by atoms with Crippen molar-refractivity contribution in [3.05, 3.63) is 29.3 Å². The average Bonchev–Trinajstić information content (AvgIpc) is 3.25. The molecule has 0 aliphatic heterocycles. The van der Waals surface area contributed by atoms with Gasteiger partial charge in [0.05, 0.1) is 16.8 Å². The van der Waals surface area contributed by atoms with Gasteiger partial charge in [0.2, 0.25) is 0 Å². The third-order valence-electron chi connectivity index (χ3n) is 3.53. The second-order valence-electron chi connectivity index (χ2n) is 5.21. The smallest absolute Gasteiger partial charge is 0.352 e. The van der Waals surface area contributed by atoms with Gasteiger partial charge < -0.3 is 10.7 Å². The van der Waals surface area contributed by atoms with Crippen molar-refractivity contribution in [2.24, 2.45) is 11.8 Å². The molecule has 0 aromatic heterocycles. The number of nitrogens with one attached hydrogen (secondary N) is 2. The number of nitrogens with two attached hydrogens (primary N) is 1. The van der Waals surface area contributed by atoms with Crippen molar-refractivity contribution in [2.75, 3.05) is 12.0 Å². The van der Waals surface area contributed by atoms with Gasteiger partial charge in [0, 0.05) is 6.54 Å². The van der Waals surface area contributed by atoms with Crippen LogP contribution in [0, 0.1) is 5.92 Å². The van der Waals surface area contributed by atoms with Crippen LogP contribution in [0.25, 0.3) is 0 Å². The Bertz CT molecular complexity index is 513. The molecular weight excluding hydrogens is 283 g/mol. The normalized spacial score (nSPS) is 14.9. The number of hydrazine groups is 1. The molecule has 1 aromatic carbocycles. The van der Waals surface area contributed by atoms with Crippen LogP contribution in [0.2, 0.25) is 0 Å². The number of hydrogen-bond donors (Lipinski definition) is 3. The van der Waals surface area contributed by atoms with E-state index >= 15 is 0 Å². The predicted octanol–water partition coefficient (Wildman–Crippen LogP) is 2.91. The van der Waals surface area contributed by atoms with Crippen LogP contribution >= 0.6 is 0 Å². The van der Waals surface area contributed by atoms with E-state index in [9.17, 15) is 18.0 Å². The maximum Gasteiger partial charge on any atom is 0.418 e. The summed E-state index contributed by atoms with van der Waals surface area (Å²) in [7, 11) is 0. The molecule has 1 saturated carbocycles. The van der Waals surface area contributed by atoms with Gasteiger partial charge in [0.25, 0.3) is 5.91 Å². The highest BCUT2D eigenvalue weighted by molar-refractivity contribution is 6.00. The number of nitrogen functional groups attached to an aromatic ring is 1. The van der Waals surface area contributed by atoms with E-state index in [0.29, 0.717) is 6.54 Å². The Hall–Kier alpha value is -1.76. The summed E-state index contributed by atoms with van der Waals surface area (Å²) in [6, 6.07) is 3.41. The number of amides is 1. The molecule has 1 amide bonds. The van der Waals surface area contributed by atoms with Gasteiger partial charge in [-0.05, 0) is 30.9 Å². The van der Waals surface area contributed by atoms with Crippen molar-refractivity contribution in [3.8, 4) is 0 Å². The highest BCUT2D eigenvalue weighted by atomic mass is 19.4. The van der Waals surface area contributed by atoms with Crippen LogP contribution in [0.3, 0.4) is 0 Å². The molecule has 0 heterocycles. The third kappa shape index (κ3) is 4.10. The van der Waals surface area contributed by atoms with Crippen LogP contribution in [0.15, 0.2) is 18.2 Å². The lowest BCUT2D eigenvalue weighted by molar-refractivity contribution is -0.137. The van der Waals surface area contributed by atoms with Crippen molar-refractivity contribution >= 4 is 11.6 Å². The standard InChI is InChI=1S/C14H18F3N3O/c15-14(16,17)11-5-1-4-10(12(11)20-18)13(21)19-8-2-3-9-6-7-9/h1,4-5,9,20H,2-3,6-8,18H2,(H,19,21). The summed E-state index contributed by atoms with van der Waals surface area (Å²) in [5, 5.41) is 2.63. The van der Waals surface area contributed by atoms with E-state index < -0.39 is 23.3 Å². The number of carbonyl (C=O) groups excluding carboxylic acids is 1. The van der Waals surface area contributed by atoms with Crippen LogP contribution < -0.4 is 16.6 Å². The molecule has 0 radical (unpaired) electrons. The lowest BCUT2D eigenvalue weighted by atomic mass is 10.1. The summed E-state index contributed by atoms with van der Waals surface area (Å²) in [5.41, 5.74) is 0.544. The maximum absolute atomic E-state index is 12.9. The Morgan fingerprint density at radius 2 is 2.05 bits per heavy atom. The van der Waals surface area contributed by atoms with Crippen LogP contribution in [-0.4, -0.2) is 12.5 Å². The third-order valence-corrected chi connectivity index (χ3v) is 3.53. The fourth-order valence-corrected chi connectivity index (χ4v) is 2.23. The molecule has 1 aliphatic rings. The number of benzene rings is 1. The van der Waals surface area contributed by atoms with Gasteiger partial charge in [-0.3, -0.25) is 10.6 Å². The number of hydrogen-bond acceptors (Lipinski definition) is 3. The molecule has 0 saturated heterocycles. The molecule has 0 bridgehead atoms. The number of rotatable bonds is 6. The number of halogens is 3. The average molecular weight is 301 g/mol. The zero-order valence-corrected chi connectivity index (χ0v) is 11.5. The SMILES string of the molecule is NNc1c(C(=O)NCCCC2CC2)cccc1C(F)(F)F. The summed E-state index contributed by atoms with van der Waals surface area (Å²) in [4.78, 5) is 12.0. The number of alkyl halides is 3. The molecule has 1 aromatic rings. The van der Waals surface area contributed by atoms with Crippen molar-refractivity contribution in [3.63, 3.8) is 0 Å². The molecule has 1 fully saturated rings. The minimum atomic E-state index is -4.57. The van der Waals surface area contributed by atoms with Crippen LogP contribution in [0.1, 0.15) is 41.6 Å². The summed E-state index contributed by atoms with van der Waals surface area (Å²) in [5.74, 6) is 5.37. The van der Waals surface area contributed by atoms with Crippen molar-refractivity contribution in [1.82, 2.24) is 5.32 Å². The largest absolute Gasteiger partial charge is 0.418 e. The van der Waals surface area contributed by atoms with Gasteiger partial charge in [-0.15, -0.1) is 0 Å². The van der Waals surface area contributed by atoms with E-state index in [4.69, 9.17) is 5.84 Å². The van der Waals surface area contributed by atoms with E-state index in [0.717, 1.165) is 24.8 Å². The highest BCUT2D eigenvalue weighted by Gasteiger charge is 2.35. The fourth-order valence-electron chi connectivity index (χ4n) is 2.23. The molecule has 1 aliphatic carbocycles. The number of carbonyl (C=O) groups is 1. The predicted molar refractivity (Wildman–Crippen MR) is 73.5 cm³/mol. The Morgan fingerprint density at radius 3 is 2.62 bits per heavy atom. The molecule has 21 heavy (non-hydrogen) atoms. The molecular formula is C14H18F3N3O. The van der Waals surface area contributed by atoms with E-state index in [1.807, 2.05) is 5.43 Å². The van der Waals surface area contributed by atoms with E-state index in [1.54, 1.807) is 0 Å². The van der Waals surface area contributed by atoms with Gasteiger partial charge >= 0.3 is 6.18 Å². The second kappa shape index (κ2) is 6.34. The Kier molecular flexibility index (Phi) is 4.72. The first-order chi connectivity index (χ1) is 9.93. The lowest BCUT2D eigenvalue weighted by Gasteiger charge is -2.16. The van der Waals surface area contributed by atoms with Crippen molar-refractivity contribution < 1.29 is 18.0 Å². The van der Waals surface area contributed by atoms with Gasteiger partial charge in [-0.2, -0.15) is 13.2 Å². The monoisotopic (exact) mass is 301 g/mol. The first kappa shape index (κ1) is 15.6. The summed E-state index contributed by atoms with van der Waals surface area (Å²) in [6.07, 6.45) is -0.207. The molecule has 116 valence electrons. The zero-order chi connectivity index (χ0) is 15.5. The maximum atomic E-state index is 12.9. The Morgan fingerprint density at radius 1 is 1.33 bits per heavy atom. The molecule has 2 rings (SSSR count). The second-order valence-corrected chi connectivity index (χ2v) is 5.21. The van der Waals surface area contributed by atoms with E-state index in [1.165, 1.54) is 25.0 Å². The van der Waals surface area contributed by atoms with Gasteiger partial charge in [-0.1, -0.05) is 18.9 Å². The highest BCUT2D eigenvalue weighted by Crippen LogP contribution is 2.36. The minimum absolute atomic E-state index is 0.0984. The molecule has 0 unspecified atom stereocenters. The Balaban J connectivity index is 2.04. The van der Waals surface area contributed by atoms with Crippen LogP contribution in [-0.2, 0) is 6.18 Å². The molecule has 0 spiro atoms. The number of para-hydroxylation sites is 1. The Labute approximate surface area is 120 Å². The molecule has 7 heteroatoms. The summed E-state index contributed by atoms with van der Waals surface area (Å²) in [6.45, 7) is 0.454. The summed E-state index contributed by atoms with van der Waals surface area (Å²) >= 11 is 0. The zero-order valence-electron chi connectivity index (χ0n) is 11.5. The molecule has 4 N–H and O–H groups in total.